The van der Waals surface area contributed by atoms with E-state index >= 15 is 0 Å². The molecule has 0 radical (unpaired) electrons. The van der Waals surface area contributed by atoms with Gasteiger partial charge in [0.1, 0.15) is 22.8 Å². The topological polar surface area (TPSA) is 152 Å². The number of hydrogen-bond acceptors (Lipinski definition) is 8. The van der Waals surface area contributed by atoms with E-state index < -0.39 is 34.8 Å². The van der Waals surface area contributed by atoms with Crippen LogP contribution in [0, 0.1) is 17.3 Å². The molecule has 3 heterocycles. The van der Waals surface area contributed by atoms with Crippen LogP contribution in [-0.4, -0.2) is 89.9 Å². The van der Waals surface area contributed by atoms with E-state index in [1.807, 2.05) is 31.7 Å². The molecule has 0 saturated carbocycles. The number of carbonyl (C=O) groups excluding carboxylic acids is 5. The minimum Gasteiger partial charge on any atom is -0.497 e. The van der Waals surface area contributed by atoms with Crippen molar-refractivity contribution in [3.8, 4) is 17.6 Å². The summed E-state index contributed by atoms with van der Waals surface area (Å²) in [4.78, 5) is 69.0. The zero-order valence-electron chi connectivity index (χ0n) is 26.6. The maximum atomic E-state index is 13.2. The first-order valence-corrected chi connectivity index (χ1v) is 15.2. The summed E-state index contributed by atoms with van der Waals surface area (Å²) in [5, 5.41) is 2.34. The van der Waals surface area contributed by atoms with Crippen LogP contribution < -0.4 is 15.8 Å². The van der Waals surface area contributed by atoms with Crippen LogP contribution in [0.4, 0.5) is 4.79 Å². The number of fused-ring (bicyclic) bond motifs is 1. The Balaban J connectivity index is 1.31. The molecule has 3 aliphatic heterocycles. The number of nitrogens with one attached hydrogen (secondary N) is 1. The number of rotatable bonds is 6. The fourth-order valence-electron chi connectivity index (χ4n) is 6.03. The molecular weight excluding hydrogens is 590 g/mol. The summed E-state index contributed by atoms with van der Waals surface area (Å²) in [6, 6.07) is 11.5. The van der Waals surface area contributed by atoms with E-state index in [-0.39, 0.29) is 31.5 Å². The van der Waals surface area contributed by atoms with Crippen molar-refractivity contribution in [3.05, 3.63) is 64.7 Å². The van der Waals surface area contributed by atoms with Gasteiger partial charge in [-0.1, -0.05) is 30.0 Å². The molecule has 3 N–H and O–H groups in total. The highest BCUT2D eigenvalue weighted by Gasteiger charge is 2.48. The van der Waals surface area contributed by atoms with Crippen molar-refractivity contribution in [1.29, 1.82) is 0 Å². The second kappa shape index (κ2) is 12.8. The first kappa shape index (κ1) is 32.5. The van der Waals surface area contributed by atoms with Crippen LogP contribution in [0.1, 0.15) is 66.7 Å². The van der Waals surface area contributed by atoms with Crippen molar-refractivity contribution < 1.29 is 33.4 Å². The molecule has 2 saturated heterocycles. The molecule has 0 spiro atoms. The number of hydrogen-bond donors (Lipinski definition) is 2. The molecule has 0 aromatic heterocycles. The molecular formula is C34H39N5O7. The zero-order valence-corrected chi connectivity index (χ0v) is 26.6. The summed E-state index contributed by atoms with van der Waals surface area (Å²) in [5.74, 6) is 4.82. The summed E-state index contributed by atoms with van der Waals surface area (Å²) < 4.78 is 10.8. The van der Waals surface area contributed by atoms with Gasteiger partial charge in [-0.3, -0.25) is 29.4 Å². The number of methoxy groups -OCH3 is 1. The maximum Gasteiger partial charge on any atom is 0.410 e. The highest BCUT2D eigenvalue weighted by Crippen LogP contribution is 2.34. The molecule has 5 amide bonds. The number of nitrogens with two attached hydrogens (primary N) is 1. The van der Waals surface area contributed by atoms with Gasteiger partial charge in [-0.2, -0.15) is 0 Å². The Morgan fingerprint density at radius 1 is 1.04 bits per heavy atom. The number of amides is 5. The Labute approximate surface area is 268 Å². The number of imide groups is 1. The summed E-state index contributed by atoms with van der Waals surface area (Å²) in [5.41, 5.74) is 6.37. The van der Waals surface area contributed by atoms with Crippen LogP contribution in [0.2, 0.25) is 0 Å². The second-order valence-electron chi connectivity index (χ2n) is 12.9. The number of carbonyl (C=O) groups is 5. The lowest BCUT2D eigenvalue weighted by Gasteiger charge is -2.29. The number of primary amides is 1. The second-order valence-corrected chi connectivity index (χ2v) is 12.9. The van der Waals surface area contributed by atoms with Crippen LogP contribution >= 0.6 is 0 Å². The van der Waals surface area contributed by atoms with E-state index in [1.165, 1.54) is 12.0 Å². The molecule has 2 aromatic rings. The highest BCUT2D eigenvalue weighted by atomic mass is 16.6. The van der Waals surface area contributed by atoms with Gasteiger partial charge in [0.15, 0.2) is 0 Å². The minimum absolute atomic E-state index is 0.0511. The molecule has 3 aliphatic rings. The fraction of sp³-hybridized carbons (Fsp3) is 0.441. The summed E-state index contributed by atoms with van der Waals surface area (Å²) in [6.07, 6.45) is 0.0923. The number of ether oxygens (including phenoxy) is 2. The maximum absolute atomic E-state index is 13.2. The normalized spacial score (nSPS) is 20.7. The Kier molecular flexibility index (Phi) is 9.08. The van der Waals surface area contributed by atoms with Gasteiger partial charge in [0, 0.05) is 50.4 Å². The van der Waals surface area contributed by atoms with Gasteiger partial charge in [0.25, 0.3) is 5.91 Å². The molecule has 12 heteroatoms. The lowest BCUT2D eigenvalue weighted by Crippen LogP contribution is -2.42. The van der Waals surface area contributed by atoms with Crippen molar-refractivity contribution in [2.45, 2.75) is 51.8 Å². The van der Waals surface area contributed by atoms with E-state index in [9.17, 15) is 24.0 Å². The van der Waals surface area contributed by atoms with Crippen LogP contribution in [0.3, 0.4) is 0 Å². The van der Waals surface area contributed by atoms with Gasteiger partial charge in [-0.25, -0.2) is 4.79 Å². The molecule has 2 atom stereocenters. The standard InChI is InChI=1S/C34H39N5O7/c1-33(2,3)46-32(44)38-15-5-14-37(16-17-38)28(29(35)41)23-8-6-22(7-9-23)12-13-34(19-27(40)36-31(34)43)21-39-20-24-10-11-25(45-4)18-26(24)30(39)42/h6-11,18,28H,5,14-17,19-21H2,1-4H3,(H2,35,41)(H,36,40,43)/t28?,34-/m1/s1. The Morgan fingerprint density at radius 3 is 2.41 bits per heavy atom. The van der Waals surface area contributed by atoms with Gasteiger partial charge < -0.3 is 25.0 Å². The molecule has 2 aromatic carbocycles. The third-order valence-electron chi connectivity index (χ3n) is 8.30. The van der Waals surface area contributed by atoms with Gasteiger partial charge in [-0.05, 0) is 62.6 Å². The van der Waals surface area contributed by atoms with E-state index in [2.05, 4.69) is 17.2 Å². The predicted molar refractivity (Wildman–Crippen MR) is 167 cm³/mol. The Hall–Kier alpha value is -4.89. The smallest absolute Gasteiger partial charge is 0.410 e. The van der Waals surface area contributed by atoms with Gasteiger partial charge in [0.05, 0.1) is 13.5 Å². The summed E-state index contributed by atoms with van der Waals surface area (Å²) >= 11 is 0. The van der Waals surface area contributed by atoms with Crippen LogP contribution in [-0.2, 0) is 25.7 Å². The van der Waals surface area contributed by atoms with Crippen LogP contribution in [0.25, 0.3) is 0 Å². The predicted octanol–water partition coefficient (Wildman–Crippen LogP) is 2.20. The van der Waals surface area contributed by atoms with Gasteiger partial charge >= 0.3 is 6.09 Å². The molecule has 0 aliphatic carbocycles. The number of benzene rings is 2. The van der Waals surface area contributed by atoms with Crippen molar-refractivity contribution in [1.82, 2.24) is 20.0 Å². The Morgan fingerprint density at radius 2 is 1.78 bits per heavy atom. The van der Waals surface area contributed by atoms with Crippen LogP contribution in [0.15, 0.2) is 42.5 Å². The van der Waals surface area contributed by atoms with Gasteiger partial charge in [0.2, 0.25) is 17.7 Å². The van der Waals surface area contributed by atoms with E-state index in [4.69, 9.17) is 15.2 Å². The molecule has 242 valence electrons. The van der Waals surface area contributed by atoms with E-state index in [0.717, 1.165) is 5.56 Å². The average Bonchev–Trinajstić information content (AvgIpc) is 3.31. The SMILES string of the molecule is COc1ccc2c(c1)C(=O)N(C[C@@]1(C#Cc3ccc(C(C(N)=O)N4CCCN(C(=O)OC(C)(C)C)CC4)cc3)CC(=O)NC1=O)C2. The fourth-order valence-corrected chi connectivity index (χ4v) is 6.03. The number of nitrogens with zero attached hydrogens (tertiary/aromatic N) is 3. The molecule has 46 heavy (non-hydrogen) atoms. The minimum atomic E-state index is -1.42. The van der Waals surface area contributed by atoms with E-state index in [1.54, 1.807) is 41.3 Å². The first-order chi connectivity index (χ1) is 21.8. The molecule has 1 unspecified atom stereocenters. The molecule has 12 nitrogen and oxygen atoms in total. The molecule has 2 fully saturated rings. The lowest BCUT2D eigenvalue weighted by atomic mass is 9.85. The molecule has 0 bridgehead atoms. The quantitative estimate of drug-likeness (QED) is 0.365. The van der Waals surface area contributed by atoms with Crippen molar-refractivity contribution in [3.63, 3.8) is 0 Å². The van der Waals surface area contributed by atoms with Crippen LogP contribution in [0.5, 0.6) is 5.75 Å². The van der Waals surface area contributed by atoms with Crippen molar-refractivity contribution in [2.75, 3.05) is 39.8 Å². The zero-order chi connectivity index (χ0) is 33.2. The molecule has 5 rings (SSSR count). The van der Waals surface area contributed by atoms with E-state index in [0.29, 0.717) is 55.0 Å². The highest BCUT2D eigenvalue weighted by molar-refractivity contribution is 6.08. The first-order valence-electron chi connectivity index (χ1n) is 15.2. The summed E-state index contributed by atoms with van der Waals surface area (Å²) in [7, 11) is 1.52. The third-order valence-corrected chi connectivity index (χ3v) is 8.30. The average molecular weight is 630 g/mol. The monoisotopic (exact) mass is 629 g/mol. The Bertz CT molecular complexity index is 1620. The van der Waals surface area contributed by atoms with Crippen molar-refractivity contribution in [2.24, 2.45) is 11.1 Å². The lowest BCUT2D eigenvalue weighted by molar-refractivity contribution is -0.127. The van der Waals surface area contributed by atoms with Crippen molar-refractivity contribution >= 4 is 29.7 Å². The summed E-state index contributed by atoms with van der Waals surface area (Å²) in [6.45, 7) is 7.59. The van der Waals surface area contributed by atoms with Gasteiger partial charge in [-0.15, -0.1) is 0 Å². The third kappa shape index (κ3) is 7.00. The largest absolute Gasteiger partial charge is 0.497 e.